The Labute approximate surface area is 123 Å². The second-order valence-electron chi connectivity index (χ2n) is 4.45. The highest BCUT2D eigenvalue weighted by atomic mass is 35.5. The molecule has 0 aliphatic rings. The molecule has 0 fully saturated rings. The van der Waals surface area contributed by atoms with Gasteiger partial charge in [0.2, 0.25) is 0 Å². The van der Waals surface area contributed by atoms with E-state index in [2.05, 4.69) is 4.98 Å². The second-order valence-corrected chi connectivity index (χ2v) is 4.86. The molecule has 1 aromatic carbocycles. The van der Waals surface area contributed by atoms with Gasteiger partial charge in [-0.3, -0.25) is 4.98 Å². The van der Waals surface area contributed by atoms with Crippen molar-refractivity contribution in [3.8, 4) is 11.5 Å². The third-order valence-corrected chi connectivity index (χ3v) is 3.29. The molecule has 0 saturated carbocycles. The smallest absolute Gasteiger partial charge is 0.128 e. The quantitative estimate of drug-likeness (QED) is 0.918. The highest BCUT2D eigenvalue weighted by molar-refractivity contribution is 6.31. The van der Waals surface area contributed by atoms with Gasteiger partial charge in [-0.2, -0.15) is 0 Å². The fraction of sp³-hybridized carbons (Fsp3) is 0.267. The van der Waals surface area contributed by atoms with E-state index in [9.17, 15) is 0 Å². The maximum Gasteiger partial charge on any atom is 0.128 e. The zero-order chi connectivity index (χ0) is 14.5. The summed E-state index contributed by atoms with van der Waals surface area (Å²) in [5.41, 5.74) is 7.75. The van der Waals surface area contributed by atoms with Gasteiger partial charge in [0.1, 0.15) is 18.1 Å². The number of halogens is 1. The summed E-state index contributed by atoms with van der Waals surface area (Å²) in [6.07, 6.45) is 3.28. The normalized spacial score (nSPS) is 12.0. The van der Waals surface area contributed by atoms with E-state index in [1.165, 1.54) is 0 Å². The first-order chi connectivity index (χ1) is 9.61. The van der Waals surface area contributed by atoms with E-state index >= 15 is 0 Å². The van der Waals surface area contributed by atoms with Gasteiger partial charge in [0.05, 0.1) is 12.1 Å². The van der Waals surface area contributed by atoms with Crippen molar-refractivity contribution in [1.29, 1.82) is 0 Å². The molecule has 0 aliphatic carbocycles. The van der Waals surface area contributed by atoms with Gasteiger partial charge in [-0.05, 0) is 19.1 Å². The number of hydrogen-bond donors (Lipinski definition) is 1. The van der Waals surface area contributed by atoms with Crippen LogP contribution in [-0.4, -0.2) is 12.1 Å². The van der Waals surface area contributed by atoms with Crippen LogP contribution < -0.4 is 15.2 Å². The maximum absolute atomic E-state index is 6.06. The number of pyridine rings is 1. The Balaban J connectivity index is 2.21. The van der Waals surface area contributed by atoms with Crippen molar-refractivity contribution in [2.75, 3.05) is 7.11 Å². The fourth-order valence-corrected chi connectivity index (χ4v) is 1.99. The van der Waals surface area contributed by atoms with Gasteiger partial charge < -0.3 is 15.2 Å². The lowest BCUT2D eigenvalue weighted by atomic mass is 10.1. The van der Waals surface area contributed by atoms with E-state index in [0.29, 0.717) is 17.4 Å². The van der Waals surface area contributed by atoms with Crippen molar-refractivity contribution < 1.29 is 9.47 Å². The molecule has 0 amide bonds. The number of aromatic nitrogens is 1. The van der Waals surface area contributed by atoms with Crippen LogP contribution in [0.4, 0.5) is 0 Å². The monoisotopic (exact) mass is 292 g/mol. The summed E-state index contributed by atoms with van der Waals surface area (Å²) in [6, 6.07) is 7.31. The van der Waals surface area contributed by atoms with E-state index in [1.54, 1.807) is 19.5 Å². The zero-order valence-electron chi connectivity index (χ0n) is 11.5. The number of hydrogen-bond acceptors (Lipinski definition) is 4. The molecule has 5 heteroatoms. The van der Waals surface area contributed by atoms with Crippen molar-refractivity contribution >= 4 is 11.6 Å². The first-order valence-electron chi connectivity index (χ1n) is 6.26. The molecule has 2 aromatic rings. The van der Waals surface area contributed by atoms with E-state index < -0.39 is 0 Å². The van der Waals surface area contributed by atoms with Crippen molar-refractivity contribution in [1.82, 2.24) is 4.98 Å². The van der Waals surface area contributed by atoms with Crippen molar-refractivity contribution in [2.24, 2.45) is 5.73 Å². The SMILES string of the molecule is COc1ccc([C@H](C)N)c(OCc2ccncc2Cl)c1. The molecule has 106 valence electrons. The Kier molecular flexibility index (Phi) is 4.82. The number of nitrogens with zero attached hydrogens (tertiary/aromatic N) is 1. The van der Waals surface area contributed by atoms with Gasteiger partial charge in [-0.15, -0.1) is 0 Å². The third-order valence-electron chi connectivity index (χ3n) is 2.95. The molecule has 4 nitrogen and oxygen atoms in total. The van der Waals surface area contributed by atoms with Crippen molar-refractivity contribution in [2.45, 2.75) is 19.6 Å². The minimum absolute atomic E-state index is 0.121. The minimum Gasteiger partial charge on any atom is -0.497 e. The Hall–Kier alpha value is -1.78. The van der Waals surface area contributed by atoms with E-state index in [4.69, 9.17) is 26.8 Å². The molecule has 0 saturated heterocycles. The molecule has 1 atom stereocenters. The van der Waals surface area contributed by atoms with Gasteiger partial charge >= 0.3 is 0 Å². The standard InChI is InChI=1S/C15H17ClN2O2/c1-10(17)13-4-3-12(19-2)7-15(13)20-9-11-5-6-18-8-14(11)16/h3-8,10H,9,17H2,1-2H3/t10-/m0/s1. The van der Waals surface area contributed by atoms with Gasteiger partial charge in [-0.1, -0.05) is 17.7 Å². The molecule has 0 spiro atoms. The predicted molar refractivity (Wildman–Crippen MR) is 79.2 cm³/mol. The van der Waals surface area contributed by atoms with Crippen LogP contribution in [0.3, 0.4) is 0 Å². The zero-order valence-corrected chi connectivity index (χ0v) is 12.2. The molecular weight excluding hydrogens is 276 g/mol. The molecule has 1 aromatic heterocycles. The molecule has 20 heavy (non-hydrogen) atoms. The summed E-state index contributed by atoms with van der Waals surface area (Å²) in [5, 5.41) is 0.581. The van der Waals surface area contributed by atoms with E-state index in [1.807, 2.05) is 31.2 Å². The first kappa shape index (κ1) is 14.6. The van der Waals surface area contributed by atoms with Crippen molar-refractivity contribution in [3.63, 3.8) is 0 Å². The third kappa shape index (κ3) is 3.40. The number of methoxy groups -OCH3 is 1. The first-order valence-corrected chi connectivity index (χ1v) is 6.64. The lowest BCUT2D eigenvalue weighted by Crippen LogP contribution is -2.08. The maximum atomic E-state index is 6.06. The summed E-state index contributed by atoms with van der Waals surface area (Å²) in [4.78, 5) is 3.95. The van der Waals surface area contributed by atoms with Crippen LogP contribution >= 0.6 is 11.6 Å². The lowest BCUT2D eigenvalue weighted by molar-refractivity contribution is 0.299. The molecule has 1 heterocycles. The summed E-state index contributed by atoms with van der Waals surface area (Å²) < 4.78 is 11.0. The average molecular weight is 293 g/mol. The summed E-state index contributed by atoms with van der Waals surface area (Å²) in [7, 11) is 1.62. The average Bonchev–Trinajstić information content (AvgIpc) is 2.46. The Morgan fingerprint density at radius 2 is 2.15 bits per heavy atom. The molecule has 0 aliphatic heterocycles. The Morgan fingerprint density at radius 3 is 2.80 bits per heavy atom. The molecule has 2 N–H and O–H groups in total. The molecule has 0 radical (unpaired) electrons. The van der Waals surface area contributed by atoms with Gasteiger partial charge in [0.25, 0.3) is 0 Å². The Bertz CT molecular complexity index is 588. The van der Waals surface area contributed by atoms with Crippen LogP contribution in [0, 0.1) is 0 Å². The van der Waals surface area contributed by atoms with E-state index in [0.717, 1.165) is 16.9 Å². The van der Waals surface area contributed by atoms with Crippen LogP contribution in [0.5, 0.6) is 11.5 Å². The fourth-order valence-electron chi connectivity index (χ4n) is 1.82. The topological polar surface area (TPSA) is 57.4 Å². The van der Waals surface area contributed by atoms with Crippen LogP contribution in [0.15, 0.2) is 36.7 Å². The largest absolute Gasteiger partial charge is 0.497 e. The summed E-state index contributed by atoms with van der Waals surface area (Å²) >= 11 is 6.06. The summed E-state index contributed by atoms with van der Waals surface area (Å²) in [5.74, 6) is 1.43. The minimum atomic E-state index is -0.121. The van der Waals surface area contributed by atoms with Gasteiger partial charge in [0, 0.05) is 35.6 Å². The molecule has 2 rings (SSSR count). The second kappa shape index (κ2) is 6.59. The Morgan fingerprint density at radius 1 is 1.35 bits per heavy atom. The molecular formula is C15H17ClN2O2. The van der Waals surface area contributed by atoms with Crippen LogP contribution in [-0.2, 0) is 6.61 Å². The van der Waals surface area contributed by atoms with Gasteiger partial charge in [-0.25, -0.2) is 0 Å². The van der Waals surface area contributed by atoms with Crippen LogP contribution in [0.1, 0.15) is 24.1 Å². The predicted octanol–water partition coefficient (Wildman–Crippen LogP) is 3.34. The van der Waals surface area contributed by atoms with Gasteiger partial charge in [0.15, 0.2) is 0 Å². The molecule has 0 bridgehead atoms. The number of nitrogens with two attached hydrogens (primary N) is 1. The van der Waals surface area contributed by atoms with Crippen molar-refractivity contribution in [3.05, 3.63) is 52.8 Å². The van der Waals surface area contributed by atoms with E-state index in [-0.39, 0.29) is 6.04 Å². The van der Waals surface area contributed by atoms with Crippen LogP contribution in [0.25, 0.3) is 0 Å². The number of benzene rings is 1. The number of ether oxygens (including phenoxy) is 2. The van der Waals surface area contributed by atoms with Crippen LogP contribution in [0.2, 0.25) is 5.02 Å². The highest BCUT2D eigenvalue weighted by Gasteiger charge is 2.10. The lowest BCUT2D eigenvalue weighted by Gasteiger charge is -2.15. The summed E-state index contributed by atoms with van der Waals surface area (Å²) in [6.45, 7) is 2.27. The number of rotatable bonds is 5. The molecule has 0 unspecified atom stereocenters. The highest BCUT2D eigenvalue weighted by Crippen LogP contribution is 2.29.